The molecule has 0 aromatic heterocycles. The average molecular weight is 290 g/mol. The van der Waals surface area contributed by atoms with Crippen molar-refractivity contribution in [2.75, 3.05) is 18.5 Å². The summed E-state index contributed by atoms with van der Waals surface area (Å²) in [6.07, 6.45) is 1.99. The van der Waals surface area contributed by atoms with E-state index < -0.39 is 0 Å². The second kappa shape index (κ2) is 6.48. The van der Waals surface area contributed by atoms with Gasteiger partial charge in [0, 0.05) is 24.4 Å². The van der Waals surface area contributed by atoms with E-state index in [-0.39, 0.29) is 17.6 Å². The molecule has 1 aromatic rings. The normalized spacial score (nSPS) is 24.9. The predicted molar refractivity (Wildman–Crippen MR) is 85.9 cm³/mol. The van der Waals surface area contributed by atoms with Gasteiger partial charge in [-0.25, -0.2) is 0 Å². The summed E-state index contributed by atoms with van der Waals surface area (Å²) < 4.78 is 5.57. The molecule has 21 heavy (non-hydrogen) atoms. The molecule has 2 atom stereocenters. The lowest BCUT2D eigenvalue weighted by Crippen LogP contribution is -2.50. The topological polar surface area (TPSA) is 50.4 Å². The number of rotatable bonds is 5. The molecule has 0 radical (unpaired) electrons. The van der Waals surface area contributed by atoms with Crippen LogP contribution in [-0.4, -0.2) is 30.7 Å². The first kappa shape index (κ1) is 15.8. The van der Waals surface area contributed by atoms with Crippen LogP contribution in [0.15, 0.2) is 18.2 Å². The zero-order valence-electron chi connectivity index (χ0n) is 13.5. The molecule has 2 unspecified atom stereocenters. The molecule has 0 spiro atoms. The maximum Gasteiger partial charge on any atom is 0.252 e. The highest BCUT2D eigenvalue weighted by Crippen LogP contribution is 2.26. The lowest BCUT2D eigenvalue weighted by atomic mass is 9.93. The van der Waals surface area contributed by atoms with Crippen LogP contribution in [0.2, 0.25) is 0 Å². The third-order valence-electron chi connectivity index (χ3n) is 4.34. The fraction of sp³-hybridized carbons (Fsp3) is 0.588. The van der Waals surface area contributed by atoms with E-state index in [1.807, 2.05) is 32.0 Å². The van der Waals surface area contributed by atoms with Crippen LogP contribution in [0.5, 0.6) is 0 Å². The number of aryl methyl sites for hydroxylation is 1. The van der Waals surface area contributed by atoms with E-state index >= 15 is 0 Å². The summed E-state index contributed by atoms with van der Waals surface area (Å²) in [4.78, 5) is 12.5. The minimum Gasteiger partial charge on any atom is -0.385 e. The van der Waals surface area contributed by atoms with Crippen molar-refractivity contribution in [2.24, 2.45) is 0 Å². The molecule has 1 amide bonds. The van der Waals surface area contributed by atoms with E-state index in [1.54, 1.807) is 0 Å². The van der Waals surface area contributed by atoms with Crippen molar-refractivity contribution >= 4 is 11.6 Å². The average Bonchev–Trinajstić information content (AvgIpc) is 2.76. The van der Waals surface area contributed by atoms with Gasteiger partial charge in [0.15, 0.2) is 0 Å². The number of anilines is 1. The van der Waals surface area contributed by atoms with E-state index in [0.29, 0.717) is 6.61 Å². The molecule has 0 saturated carbocycles. The van der Waals surface area contributed by atoms with Crippen LogP contribution in [0, 0.1) is 6.92 Å². The largest absolute Gasteiger partial charge is 0.385 e. The summed E-state index contributed by atoms with van der Waals surface area (Å²) in [7, 11) is 0. The minimum absolute atomic E-state index is 0.0191. The Hall–Kier alpha value is -1.55. The molecule has 4 heteroatoms. The van der Waals surface area contributed by atoms with Crippen molar-refractivity contribution in [1.82, 2.24) is 5.32 Å². The Morgan fingerprint density at radius 2 is 2.24 bits per heavy atom. The van der Waals surface area contributed by atoms with Crippen LogP contribution in [-0.2, 0) is 4.74 Å². The van der Waals surface area contributed by atoms with Crippen molar-refractivity contribution in [3.63, 3.8) is 0 Å². The summed E-state index contributed by atoms with van der Waals surface area (Å²) in [5.74, 6) is -0.0191. The number of nitrogens with one attached hydrogen (secondary N) is 2. The quantitative estimate of drug-likeness (QED) is 0.876. The molecule has 116 valence electrons. The molecule has 4 nitrogen and oxygen atoms in total. The Morgan fingerprint density at radius 1 is 1.48 bits per heavy atom. The molecule has 1 aliphatic rings. The van der Waals surface area contributed by atoms with Crippen molar-refractivity contribution in [3.05, 3.63) is 29.3 Å². The highest BCUT2D eigenvalue weighted by Gasteiger charge is 2.38. The summed E-state index contributed by atoms with van der Waals surface area (Å²) in [6, 6.07) is 5.89. The number of carbonyl (C=O) groups excluding carboxylic acids is 1. The van der Waals surface area contributed by atoms with Gasteiger partial charge in [-0.1, -0.05) is 6.92 Å². The van der Waals surface area contributed by atoms with Gasteiger partial charge in [0.1, 0.15) is 0 Å². The van der Waals surface area contributed by atoms with Gasteiger partial charge in [-0.05, 0) is 57.4 Å². The molecule has 1 saturated heterocycles. The van der Waals surface area contributed by atoms with Gasteiger partial charge in [0.25, 0.3) is 5.91 Å². The molecule has 2 N–H and O–H groups in total. The van der Waals surface area contributed by atoms with Crippen LogP contribution in [0.3, 0.4) is 0 Å². The van der Waals surface area contributed by atoms with E-state index in [1.165, 1.54) is 0 Å². The number of amides is 1. The fourth-order valence-electron chi connectivity index (χ4n) is 2.62. The number of hydrogen-bond acceptors (Lipinski definition) is 3. The molecular formula is C17H26N2O2. The highest BCUT2D eigenvalue weighted by molar-refractivity contribution is 5.96. The van der Waals surface area contributed by atoms with E-state index in [0.717, 1.165) is 36.2 Å². The number of benzene rings is 1. The van der Waals surface area contributed by atoms with Gasteiger partial charge in [0.2, 0.25) is 0 Å². The monoisotopic (exact) mass is 290 g/mol. The Bertz CT molecular complexity index is 516. The molecule has 1 aromatic carbocycles. The Kier molecular flexibility index (Phi) is 4.88. The van der Waals surface area contributed by atoms with Crippen molar-refractivity contribution in [3.8, 4) is 0 Å². The molecular weight excluding hydrogens is 264 g/mol. The van der Waals surface area contributed by atoms with Crippen LogP contribution < -0.4 is 10.6 Å². The van der Waals surface area contributed by atoms with E-state index in [9.17, 15) is 4.79 Å². The minimum atomic E-state index is -0.275. The maximum atomic E-state index is 12.5. The third kappa shape index (κ3) is 3.56. The highest BCUT2D eigenvalue weighted by atomic mass is 16.5. The second-order valence-electron chi connectivity index (χ2n) is 6.09. The first-order valence-corrected chi connectivity index (χ1v) is 7.75. The summed E-state index contributed by atoms with van der Waals surface area (Å²) in [6.45, 7) is 9.82. The Balaban J connectivity index is 2.09. The van der Waals surface area contributed by atoms with E-state index in [2.05, 4.69) is 24.5 Å². The summed E-state index contributed by atoms with van der Waals surface area (Å²) in [5.41, 5.74) is 2.51. The predicted octanol–water partition coefficient (Wildman–Crippen LogP) is 3.11. The van der Waals surface area contributed by atoms with Gasteiger partial charge in [-0.3, -0.25) is 4.79 Å². The lowest BCUT2D eigenvalue weighted by molar-refractivity contribution is 0.0727. The lowest BCUT2D eigenvalue weighted by Gasteiger charge is -2.29. The van der Waals surface area contributed by atoms with Gasteiger partial charge in [0.05, 0.1) is 11.6 Å². The molecule has 1 aliphatic heterocycles. The Labute approximate surface area is 127 Å². The van der Waals surface area contributed by atoms with Gasteiger partial charge in [-0.2, -0.15) is 0 Å². The van der Waals surface area contributed by atoms with Crippen LogP contribution in [0.25, 0.3) is 0 Å². The first-order valence-electron chi connectivity index (χ1n) is 7.75. The zero-order valence-corrected chi connectivity index (χ0v) is 13.5. The van der Waals surface area contributed by atoms with Crippen molar-refractivity contribution in [2.45, 2.75) is 52.2 Å². The van der Waals surface area contributed by atoms with Crippen LogP contribution in [0.1, 0.15) is 49.5 Å². The number of hydrogen-bond donors (Lipinski definition) is 2. The van der Waals surface area contributed by atoms with Gasteiger partial charge < -0.3 is 15.4 Å². The fourth-order valence-corrected chi connectivity index (χ4v) is 2.62. The van der Waals surface area contributed by atoms with Crippen LogP contribution >= 0.6 is 0 Å². The summed E-state index contributed by atoms with van der Waals surface area (Å²) >= 11 is 0. The maximum absolute atomic E-state index is 12.5. The molecule has 1 heterocycles. The van der Waals surface area contributed by atoms with Gasteiger partial charge in [-0.15, -0.1) is 0 Å². The zero-order chi connectivity index (χ0) is 15.5. The second-order valence-corrected chi connectivity index (χ2v) is 6.09. The van der Waals surface area contributed by atoms with E-state index in [4.69, 9.17) is 4.74 Å². The summed E-state index contributed by atoms with van der Waals surface area (Å²) in [5, 5.41) is 6.48. The number of ether oxygens (including phenoxy) is 1. The van der Waals surface area contributed by atoms with Gasteiger partial charge >= 0.3 is 0 Å². The number of carbonyl (C=O) groups is 1. The molecule has 0 aliphatic carbocycles. The van der Waals surface area contributed by atoms with Crippen molar-refractivity contribution in [1.29, 1.82) is 0 Å². The Morgan fingerprint density at radius 3 is 2.81 bits per heavy atom. The SMILES string of the molecule is CCCNc1ccc(C(=O)NC2(C)CCOC2C)c(C)c1. The first-order chi connectivity index (χ1) is 9.96. The molecule has 0 bridgehead atoms. The third-order valence-corrected chi connectivity index (χ3v) is 4.34. The molecule has 1 fully saturated rings. The van der Waals surface area contributed by atoms with Crippen molar-refractivity contribution < 1.29 is 9.53 Å². The smallest absolute Gasteiger partial charge is 0.252 e. The standard InChI is InChI=1S/C17H26N2O2/c1-5-9-18-14-6-7-15(12(2)11-14)16(20)19-17(4)8-10-21-13(17)3/h6-7,11,13,18H,5,8-10H2,1-4H3,(H,19,20). The van der Waals surface area contributed by atoms with Crippen LogP contribution in [0.4, 0.5) is 5.69 Å². The molecule has 2 rings (SSSR count).